The van der Waals surface area contributed by atoms with Crippen LogP contribution in [0, 0.1) is 159 Å². The molecule has 14 rings (SSSR count). The minimum absolute atomic E-state index is 0. The van der Waals surface area contributed by atoms with E-state index in [1.54, 1.807) is 76.0 Å². The average molecular weight is 1650 g/mol. The first-order chi connectivity index (χ1) is 51.3. The minimum atomic E-state index is -3.71. The maximum Gasteiger partial charge on any atom is 0.285 e. The van der Waals surface area contributed by atoms with Crippen molar-refractivity contribution in [3.8, 4) is 22.3 Å². The third-order valence-corrected chi connectivity index (χ3v) is 24.4. The number of rotatable bonds is 12. The maximum atomic E-state index is 12.7. The fraction of sp³-hybridized carbons (Fsp3) is 0.121. The predicted molar refractivity (Wildman–Crippen MR) is 441 cm³/mol. The summed E-state index contributed by atoms with van der Waals surface area (Å²) in [5.74, 6) is -1.02. The van der Waals surface area contributed by atoms with Crippen LogP contribution in [0.25, 0.3) is 22.3 Å². The normalized spacial score (nSPS) is 11.1. The molecule has 110 heavy (non-hydrogen) atoms. The summed E-state index contributed by atoms with van der Waals surface area (Å²) >= 11 is 5.67. The number of carbonyl (C=O) groups excluding carboxylic acids is 2. The molecule has 13 aromatic carbocycles. The quantitative estimate of drug-likeness (QED) is 0.0866. The van der Waals surface area contributed by atoms with Crippen LogP contribution in [0.4, 0.5) is 18.4 Å². The molecule has 0 saturated heterocycles. The second kappa shape index (κ2) is 45.0. The van der Waals surface area contributed by atoms with Crippen molar-refractivity contribution in [1.82, 2.24) is 9.80 Å². The van der Waals surface area contributed by atoms with E-state index < -0.39 is 31.3 Å². The van der Waals surface area contributed by atoms with Gasteiger partial charge in [0.15, 0.2) is 0 Å². The van der Waals surface area contributed by atoms with E-state index in [4.69, 9.17) is 0 Å². The third-order valence-electron chi connectivity index (χ3n) is 17.0. The molecule has 0 unspecified atom stereocenters. The van der Waals surface area contributed by atoms with E-state index in [0.717, 1.165) is 49.4 Å². The number of fused-ring (bicyclic) bond motifs is 3. The van der Waals surface area contributed by atoms with Crippen molar-refractivity contribution in [2.45, 2.75) is 84.1 Å². The Morgan fingerprint density at radius 1 is 0.309 bits per heavy atom. The molecule has 2 amide bonds. The van der Waals surface area contributed by atoms with Crippen molar-refractivity contribution >= 4 is 77.2 Å². The van der Waals surface area contributed by atoms with Gasteiger partial charge in [-0.1, -0.05) is 234 Å². The number of benzene rings is 13. The second-order valence-electron chi connectivity index (χ2n) is 25.4. The molecule has 0 N–H and O–H groups in total. The van der Waals surface area contributed by atoms with Crippen LogP contribution in [0.5, 0.6) is 0 Å². The standard InChI is InChI=1S/C27H22.C20H18O2S3.C14H14.C12H8F2O2S.C12H16N2O2S2.C6H6.3Ar/c1-19-11-15-21(16-12-19)27(22-17-13-20(2)14-18-22)25-9-5-3-7-23(25)24-8-4-6-10-26(24)27;1-15-3-11-19(12-4-15)25(21,22)20-13-9-18(10-14-20)24-17-7-5-16(23-2)6-8-17;1-11-3-7-13(8-4-11)14-9-5-12(2)6-10-14;13-9-1-5-11(6-2-9)17(15,16)12-7-3-10(14)4-8-12;1-13(2)11(15)17-9-5-7-10(8-6-9)18-12(16)14(3)4;1-2-4-6-5-3-1;;;/h3-18H,1-2H3;3-14H,1-2H3;3-10H,1-2H3;1-8H;5-8H,1-4H3;1-6H;;;. The van der Waals surface area contributed by atoms with E-state index in [1.165, 1.54) is 129 Å². The van der Waals surface area contributed by atoms with Crippen LogP contribution >= 0.6 is 47.0 Å². The number of amides is 2. The molecule has 0 aliphatic heterocycles. The van der Waals surface area contributed by atoms with Crippen molar-refractivity contribution < 1.29 is 148 Å². The Labute approximate surface area is 755 Å². The van der Waals surface area contributed by atoms with Crippen molar-refractivity contribution in [2.24, 2.45) is 0 Å². The van der Waals surface area contributed by atoms with Gasteiger partial charge in [0.2, 0.25) is 19.7 Å². The zero-order valence-corrected chi connectivity index (χ0v) is 69.3. The Balaban J connectivity index is 0.000000213. The van der Waals surface area contributed by atoms with Gasteiger partial charge in [0.05, 0.1) is 25.0 Å². The van der Waals surface area contributed by atoms with E-state index in [1.807, 2.05) is 91.9 Å². The van der Waals surface area contributed by atoms with Crippen molar-refractivity contribution in [3.63, 3.8) is 0 Å². The molecular formula is C91H84Ar3F2N2O6S6. The van der Waals surface area contributed by atoms with E-state index >= 15 is 0 Å². The molecule has 1 aliphatic carbocycles. The monoisotopic (exact) mass is 1650 g/mol. The van der Waals surface area contributed by atoms with E-state index in [9.17, 15) is 35.2 Å². The van der Waals surface area contributed by atoms with E-state index in [-0.39, 0.29) is 139 Å². The summed E-state index contributed by atoms with van der Waals surface area (Å²) in [5.41, 5.74) is 16.6. The van der Waals surface area contributed by atoms with Crippen LogP contribution in [0.1, 0.15) is 50.1 Å². The molecule has 13 aromatic rings. The fourth-order valence-corrected chi connectivity index (χ4v) is 16.2. The van der Waals surface area contributed by atoms with Crippen LogP contribution in [0.2, 0.25) is 0 Å². The number of halogens is 2. The van der Waals surface area contributed by atoms with Crippen molar-refractivity contribution in [1.29, 1.82) is 0 Å². The smallest absolute Gasteiger partial charge is 0.285 e. The molecule has 8 nitrogen and oxygen atoms in total. The number of carbonyl (C=O) groups is 2. The summed E-state index contributed by atoms with van der Waals surface area (Å²) in [5, 5.41) is -0.0282. The number of hydrogen-bond donors (Lipinski definition) is 0. The summed E-state index contributed by atoms with van der Waals surface area (Å²) < 4.78 is 74.7. The van der Waals surface area contributed by atoms with Gasteiger partial charge in [-0.15, -0.1) is 11.8 Å². The molecule has 0 spiro atoms. The SMILES string of the molecule is CN(C)C(=O)Sc1ccc(SC(=O)N(C)C)cc1.CSc1ccc(Sc2ccc(S(=O)(=O)c3ccc(C)cc3)cc2)cc1.Cc1ccc(-c2ccc(C)cc2)cc1.Cc1ccc(C2(c3ccc(C)cc3)c3ccccc3-c3ccccc32)cc1.O=S(=O)(c1ccc(F)cc1)c1ccc(F)cc1.[Ar].[Ar].[Ar].c1ccccc1. The zero-order valence-electron chi connectivity index (χ0n) is 62.3. The van der Waals surface area contributed by atoms with Gasteiger partial charge in [-0.2, -0.15) is 0 Å². The summed E-state index contributed by atoms with van der Waals surface area (Å²) in [6.45, 7) is 10.5. The third kappa shape index (κ3) is 25.9. The molecule has 0 atom stereocenters. The van der Waals surface area contributed by atoms with Crippen LogP contribution < -0.4 is 0 Å². The fourth-order valence-electron chi connectivity index (χ4n) is 11.2. The number of aryl methyl sites for hydroxylation is 5. The van der Waals surface area contributed by atoms with Crippen molar-refractivity contribution in [2.75, 3.05) is 34.4 Å². The average Bonchev–Trinajstić information content (AvgIpc) is 1.54. The van der Waals surface area contributed by atoms with Gasteiger partial charge in [-0.05, 0) is 242 Å². The van der Waals surface area contributed by atoms with Crippen LogP contribution in [0.15, 0.2) is 372 Å². The van der Waals surface area contributed by atoms with Gasteiger partial charge < -0.3 is 9.80 Å². The Kier molecular flexibility index (Phi) is 37.9. The van der Waals surface area contributed by atoms with Crippen LogP contribution in [-0.4, -0.2) is 71.6 Å². The molecule has 0 heterocycles. The van der Waals surface area contributed by atoms with Gasteiger partial charge in [0, 0.05) is 166 Å². The number of thioether (sulfide) groups is 3. The molecule has 19 heteroatoms. The zero-order chi connectivity index (χ0) is 76.7. The van der Waals surface area contributed by atoms with Gasteiger partial charge in [0.25, 0.3) is 10.5 Å². The van der Waals surface area contributed by atoms with Crippen LogP contribution in [-0.2, 0) is 25.1 Å². The first-order valence-corrected chi connectivity index (χ1v) is 40.9. The molecule has 568 valence electrons. The molecule has 1 aliphatic rings. The number of nitrogens with zero attached hydrogens (tertiary/aromatic N) is 2. The Morgan fingerprint density at radius 3 is 0.855 bits per heavy atom. The number of hydrogen-bond acceptors (Lipinski definition) is 10. The summed E-state index contributed by atoms with van der Waals surface area (Å²) in [4.78, 5) is 31.7. The first kappa shape index (κ1) is 92.6. The Morgan fingerprint density at radius 2 is 0.555 bits per heavy atom. The molecule has 0 saturated carbocycles. The van der Waals surface area contributed by atoms with Gasteiger partial charge in [0.1, 0.15) is 11.6 Å². The summed E-state index contributed by atoms with van der Waals surface area (Å²) in [6, 6.07) is 104. The van der Waals surface area contributed by atoms with Gasteiger partial charge in [-0.3, -0.25) is 9.59 Å². The largest absolute Gasteiger partial charge is 0.339 e. The van der Waals surface area contributed by atoms with Gasteiger partial charge >= 0.3 is 0 Å². The predicted octanol–water partition coefficient (Wildman–Crippen LogP) is 24.1. The first-order valence-electron chi connectivity index (χ1n) is 34.2. The number of sulfone groups is 2. The Bertz CT molecular complexity index is 5010. The molecule has 0 bridgehead atoms. The Hall–Kier alpha value is -6.26. The van der Waals surface area contributed by atoms with E-state index in [0.29, 0.717) is 9.79 Å². The summed E-state index contributed by atoms with van der Waals surface area (Å²) in [6.07, 6.45) is 2.05. The van der Waals surface area contributed by atoms with Gasteiger partial charge in [-0.25, -0.2) is 25.6 Å². The van der Waals surface area contributed by atoms with Crippen molar-refractivity contribution in [3.05, 3.63) is 389 Å². The topological polar surface area (TPSA) is 109 Å². The molecule has 0 aromatic heterocycles. The van der Waals surface area contributed by atoms with E-state index in [2.05, 4.69) is 204 Å². The van der Waals surface area contributed by atoms with Crippen LogP contribution in [0.3, 0.4) is 0 Å². The molecular weight excluding hydrogens is 1570 g/mol. The second-order valence-corrected chi connectivity index (χ2v) is 33.4. The molecule has 0 fully saturated rings. The summed E-state index contributed by atoms with van der Waals surface area (Å²) in [7, 11) is -0.302. The maximum absolute atomic E-state index is 12.7. The minimum Gasteiger partial charge on any atom is -0.339 e. The molecule has 0 radical (unpaired) electrons.